The molecule has 0 fully saturated rings. The van der Waals surface area contributed by atoms with E-state index in [-0.39, 0.29) is 12.7 Å². The molecule has 0 radical (unpaired) electrons. The van der Waals surface area contributed by atoms with Crippen molar-refractivity contribution in [3.8, 4) is 5.75 Å². The average Bonchev–Trinajstić information content (AvgIpc) is 2.73. The van der Waals surface area contributed by atoms with Crippen LogP contribution in [0, 0.1) is 0 Å². The van der Waals surface area contributed by atoms with Crippen molar-refractivity contribution in [2.45, 2.75) is 23.3 Å². The van der Waals surface area contributed by atoms with E-state index in [0.29, 0.717) is 5.92 Å². The second-order valence-corrected chi connectivity index (χ2v) is 7.63. The van der Waals surface area contributed by atoms with Crippen molar-refractivity contribution >= 4 is 11.8 Å². The quantitative estimate of drug-likeness (QED) is 0.656. The lowest BCUT2D eigenvalue weighted by molar-refractivity contribution is 0.116. The van der Waals surface area contributed by atoms with Crippen LogP contribution >= 0.6 is 11.8 Å². The van der Waals surface area contributed by atoms with E-state index in [1.54, 1.807) is 0 Å². The van der Waals surface area contributed by atoms with Crippen LogP contribution in [0.5, 0.6) is 5.75 Å². The minimum Gasteiger partial charge on any atom is -0.483 e. The molecular weight excluding hydrogens is 340 g/mol. The van der Waals surface area contributed by atoms with Gasteiger partial charge >= 0.3 is 0 Å². The highest BCUT2D eigenvalue weighted by Gasteiger charge is 2.22. The van der Waals surface area contributed by atoms with Crippen molar-refractivity contribution in [3.63, 3.8) is 0 Å². The Morgan fingerprint density at radius 2 is 1.65 bits per heavy atom. The lowest BCUT2D eigenvalue weighted by atomic mass is 9.89. The van der Waals surface area contributed by atoms with Gasteiger partial charge in [0.2, 0.25) is 0 Å². The summed E-state index contributed by atoms with van der Waals surface area (Å²) >= 11 is 1.95. The fraction of sp³-hybridized carbons (Fsp3) is 0.217. The van der Waals surface area contributed by atoms with Gasteiger partial charge in [-0.3, -0.25) is 0 Å². The molecule has 132 valence electrons. The molecule has 0 saturated heterocycles. The molecule has 2 unspecified atom stereocenters. The number of aliphatic hydroxyl groups excluding tert-OH is 1. The largest absolute Gasteiger partial charge is 0.483 e. The number of hydrogen-bond acceptors (Lipinski definition) is 3. The van der Waals surface area contributed by atoms with Crippen molar-refractivity contribution in [2.75, 3.05) is 12.4 Å². The summed E-state index contributed by atoms with van der Waals surface area (Å²) in [5.74, 6) is 2.39. The summed E-state index contributed by atoms with van der Waals surface area (Å²) < 4.78 is 6.01. The molecule has 2 atom stereocenters. The summed E-state index contributed by atoms with van der Waals surface area (Å²) in [6, 6.07) is 26.9. The van der Waals surface area contributed by atoms with Gasteiger partial charge in [0.05, 0.1) is 6.61 Å². The van der Waals surface area contributed by atoms with Crippen molar-refractivity contribution in [2.24, 2.45) is 0 Å². The maximum atomic E-state index is 9.68. The van der Waals surface area contributed by atoms with E-state index >= 15 is 0 Å². The van der Waals surface area contributed by atoms with Gasteiger partial charge in [-0.05, 0) is 47.1 Å². The number of ether oxygens (including phenoxy) is 1. The van der Waals surface area contributed by atoms with Gasteiger partial charge in [0.15, 0.2) is 0 Å². The first kappa shape index (κ1) is 17.2. The minimum atomic E-state index is -0.339. The fourth-order valence-corrected chi connectivity index (χ4v) is 4.63. The molecule has 0 bridgehead atoms. The molecule has 2 nitrogen and oxygen atoms in total. The predicted molar refractivity (Wildman–Crippen MR) is 107 cm³/mol. The lowest BCUT2D eigenvalue weighted by Gasteiger charge is -2.25. The molecule has 1 N–H and O–H groups in total. The zero-order chi connectivity index (χ0) is 17.8. The fourth-order valence-electron chi connectivity index (χ4n) is 3.51. The molecule has 3 aromatic rings. The summed E-state index contributed by atoms with van der Waals surface area (Å²) in [5.41, 5.74) is 3.73. The van der Waals surface area contributed by atoms with E-state index in [9.17, 15) is 5.11 Å². The highest BCUT2D eigenvalue weighted by molar-refractivity contribution is 7.99. The van der Waals surface area contributed by atoms with E-state index < -0.39 is 0 Å². The van der Waals surface area contributed by atoms with Crippen molar-refractivity contribution < 1.29 is 9.84 Å². The molecular formula is C23H22O2S. The molecule has 0 aliphatic carbocycles. The molecule has 0 spiro atoms. The Morgan fingerprint density at radius 3 is 2.42 bits per heavy atom. The number of aliphatic hydroxyl groups is 1. The van der Waals surface area contributed by atoms with E-state index in [2.05, 4.69) is 36.4 Å². The molecule has 3 aromatic carbocycles. The van der Waals surface area contributed by atoms with Crippen molar-refractivity contribution in [1.82, 2.24) is 0 Å². The SMILES string of the molecule is OCC(Oc1ccc(C2CCSc3ccccc32)cc1)c1ccccc1. The van der Waals surface area contributed by atoms with E-state index in [0.717, 1.165) is 23.5 Å². The van der Waals surface area contributed by atoms with Gasteiger partial charge in [0.25, 0.3) is 0 Å². The van der Waals surface area contributed by atoms with Gasteiger partial charge in [-0.2, -0.15) is 0 Å². The molecule has 1 heterocycles. The smallest absolute Gasteiger partial charge is 0.147 e. The monoisotopic (exact) mass is 362 g/mol. The number of benzene rings is 3. The van der Waals surface area contributed by atoms with Gasteiger partial charge in [-0.25, -0.2) is 0 Å². The second-order valence-electron chi connectivity index (χ2n) is 6.50. The number of rotatable bonds is 5. The summed E-state index contributed by atoms with van der Waals surface area (Å²) in [4.78, 5) is 1.40. The summed E-state index contributed by atoms with van der Waals surface area (Å²) in [6.45, 7) is -0.0427. The van der Waals surface area contributed by atoms with E-state index in [4.69, 9.17) is 4.74 Å². The summed E-state index contributed by atoms with van der Waals surface area (Å²) in [6.07, 6.45) is 0.819. The first-order valence-electron chi connectivity index (χ1n) is 8.99. The van der Waals surface area contributed by atoms with Crippen LogP contribution in [0.2, 0.25) is 0 Å². The number of fused-ring (bicyclic) bond motifs is 1. The maximum Gasteiger partial charge on any atom is 0.147 e. The van der Waals surface area contributed by atoms with Crippen LogP contribution in [-0.2, 0) is 0 Å². The van der Waals surface area contributed by atoms with Gasteiger partial charge in [-0.1, -0.05) is 60.7 Å². The van der Waals surface area contributed by atoms with Gasteiger partial charge in [0, 0.05) is 10.8 Å². The van der Waals surface area contributed by atoms with Crippen LogP contribution in [0.1, 0.15) is 35.1 Å². The molecule has 26 heavy (non-hydrogen) atoms. The third-order valence-corrected chi connectivity index (χ3v) is 5.98. The van der Waals surface area contributed by atoms with Gasteiger partial charge < -0.3 is 9.84 Å². The van der Waals surface area contributed by atoms with Crippen LogP contribution in [-0.4, -0.2) is 17.5 Å². The average molecular weight is 362 g/mol. The molecule has 1 aliphatic heterocycles. The summed E-state index contributed by atoms with van der Waals surface area (Å²) in [7, 11) is 0. The van der Waals surface area contributed by atoms with Gasteiger partial charge in [0.1, 0.15) is 11.9 Å². The third kappa shape index (κ3) is 3.64. The number of thioether (sulfide) groups is 1. The number of hydrogen-bond donors (Lipinski definition) is 1. The first-order valence-corrected chi connectivity index (χ1v) is 9.98. The zero-order valence-corrected chi connectivity index (χ0v) is 15.4. The Hall–Kier alpha value is -2.23. The van der Waals surface area contributed by atoms with Crippen molar-refractivity contribution in [3.05, 3.63) is 95.6 Å². The van der Waals surface area contributed by atoms with E-state index in [1.807, 2.05) is 54.2 Å². The molecule has 4 rings (SSSR count). The van der Waals surface area contributed by atoms with Crippen LogP contribution < -0.4 is 4.74 Å². The highest BCUT2D eigenvalue weighted by atomic mass is 32.2. The molecule has 0 amide bonds. The first-order chi connectivity index (χ1) is 12.8. The second kappa shape index (κ2) is 7.98. The van der Waals surface area contributed by atoms with Crippen LogP contribution in [0.4, 0.5) is 0 Å². The van der Waals surface area contributed by atoms with Crippen LogP contribution in [0.3, 0.4) is 0 Å². The minimum absolute atomic E-state index is 0.0427. The maximum absolute atomic E-state index is 9.68. The molecule has 3 heteroatoms. The lowest BCUT2D eigenvalue weighted by Crippen LogP contribution is -2.12. The highest BCUT2D eigenvalue weighted by Crippen LogP contribution is 2.41. The Bertz CT molecular complexity index is 846. The van der Waals surface area contributed by atoms with Crippen LogP contribution in [0.25, 0.3) is 0 Å². The van der Waals surface area contributed by atoms with Crippen LogP contribution in [0.15, 0.2) is 83.8 Å². The molecule has 1 aliphatic rings. The Kier molecular flexibility index (Phi) is 5.28. The standard InChI is InChI=1S/C23H22O2S/c24-16-22(18-6-2-1-3-7-18)25-19-12-10-17(11-13-19)20-14-15-26-23-9-5-4-8-21(20)23/h1-13,20,22,24H,14-16H2. The Labute approximate surface area is 158 Å². The normalized spacial score (nSPS) is 17.3. The van der Waals surface area contributed by atoms with Crippen molar-refractivity contribution in [1.29, 1.82) is 0 Å². The van der Waals surface area contributed by atoms with E-state index in [1.165, 1.54) is 16.0 Å². The van der Waals surface area contributed by atoms with Gasteiger partial charge in [-0.15, -0.1) is 11.8 Å². The Balaban J connectivity index is 1.53. The Morgan fingerprint density at radius 1 is 0.923 bits per heavy atom. The third-order valence-electron chi connectivity index (χ3n) is 4.86. The zero-order valence-electron chi connectivity index (χ0n) is 14.5. The predicted octanol–water partition coefficient (Wildman–Crippen LogP) is 5.43. The molecule has 0 aromatic heterocycles. The molecule has 0 saturated carbocycles. The summed E-state index contributed by atoms with van der Waals surface area (Å²) in [5, 5.41) is 9.68. The topological polar surface area (TPSA) is 29.5 Å².